The van der Waals surface area contributed by atoms with Gasteiger partial charge in [-0.3, -0.25) is 4.98 Å². The number of allylic oxidation sites excluding steroid dienone is 2. The van der Waals surface area contributed by atoms with Crippen molar-refractivity contribution in [1.29, 1.82) is 0 Å². The number of carboxylic acids is 2. The summed E-state index contributed by atoms with van der Waals surface area (Å²) in [7, 11) is 0. The van der Waals surface area contributed by atoms with Crippen LogP contribution in [0.3, 0.4) is 0 Å². The maximum atomic E-state index is 11.8. The summed E-state index contributed by atoms with van der Waals surface area (Å²) in [4.78, 5) is 27.8. The highest BCUT2D eigenvalue weighted by atomic mass is 32.1. The average Bonchev–Trinajstić information content (AvgIpc) is 2.89. The molecule has 0 spiro atoms. The first kappa shape index (κ1) is 15.2. The minimum absolute atomic E-state index is 0.0401. The molecular weight excluding hydrogens is 316 g/mol. The number of carboxylic acid groups (broad SMARTS) is 2. The molecule has 2 aromatic heterocycles. The molecule has 0 bridgehead atoms. The van der Waals surface area contributed by atoms with Crippen molar-refractivity contribution < 1.29 is 19.8 Å². The minimum Gasteiger partial charge on any atom is -0.478 e. The number of thiophene rings is 1. The van der Waals surface area contributed by atoms with E-state index >= 15 is 0 Å². The van der Waals surface area contributed by atoms with E-state index in [-0.39, 0.29) is 11.1 Å². The largest absolute Gasteiger partial charge is 0.478 e. The van der Waals surface area contributed by atoms with Crippen LogP contribution in [0.25, 0.3) is 10.2 Å². The first-order valence-corrected chi connectivity index (χ1v) is 7.77. The Morgan fingerprint density at radius 3 is 2.35 bits per heavy atom. The minimum atomic E-state index is -1.14. The summed E-state index contributed by atoms with van der Waals surface area (Å²) in [6, 6.07) is 3.68. The van der Waals surface area contributed by atoms with Crippen molar-refractivity contribution in [3.8, 4) is 0 Å². The van der Waals surface area contributed by atoms with Gasteiger partial charge in [-0.25, -0.2) is 9.59 Å². The van der Waals surface area contributed by atoms with Crippen molar-refractivity contribution in [2.45, 2.75) is 19.8 Å². The molecule has 3 N–H and O–H groups in total. The molecular formula is C16H14N2O4S. The van der Waals surface area contributed by atoms with E-state index < -0.39 is 17.9 Å². The Hall–Kier alpha value is -2.67. The Morgan fingerprint density at radius 2 is 1.78 bits per heavy atom. The summed E-state index contributed by atoms with van der Waals surface area (Å²) in [5, 5.41) is 23.9. The van der Waals surface area contributed by atoms with Crippen LogP contribution in [-0.2, 0) is 9.59 Å². The van der Waals surface area contributed by atoms with Gasteiger partial charge in [0.15, 0.2) is 0 Å². The van der Waals surface area contributed by atoms with Gasteiger partial charge in [0, 0.05) is 23.2 Å². The van der Waals surface area contributed by atoms with E-state index in [1.807, 2.05) is 6.07 Å². The maximum Gasteiger partial charge on any atom is 0.334 e. The third-order valence-corrected chi connectivity index (χ3v) is 4.84. The maximum absolute atomic E-state index is 11.8. The van der Waals surface area contributed by atoms with Gasteiger partial charge in [-0.05, 0) is 31.4 Å². The number of pyridine rings is 1. The number of hydrogen-bond acceptors (Lipinski definition) is 5. The lowest BCUT2D eigenvalue weighted by atomic mass is 9.81. The second kappa shape index (κ2) is 5.51. The van der Waals surface area contributed by atoms with Gasteiger partial charge in [-0.2, -0.15) is 0 Å². The number of carbonyl (C=O) groups is 2. The van der Waals surface area contributed by atoms with E-state index in [1.165, 1.54) is 11.3 Å². The number of nitrogens with zero attached hydrogens (tertiary/aromatic N) is 1. The SMILES string of the molecule is CC1=C(C(=O)O)C(c2csc3cccnc23)C(C(=O)O)=C(C)N1. The smallest absolute Gasteiger partial charge is 0.334 e. The Labute approximate surface area is 135 Å². The number of aliphatic carboxylic acids is 2. The number of fused-ring (bicyclic) bond motifs is 1. The van der Waals surface area contributed by atoms with Crippen molar-refractivity contribution in [2.24, 2.45) is 0 Å². The average molecular weight is 330 g/mol. The highest BCUT2D eigenvalue weighted by Gasteiger charge is 2.37. The number of rotatable bonds is 3. The van der Waals surface area contributed by atoms with Gasteiger partial charge >= 0.3 is 11.9 Å². The van der Waals surface area contributed by atoms with Gasteiger partial charge in [-0.15, -0.1) is 11.3 Å². The van der Waals surface area contributed by atoms with Gasteiger partial charge in [-0.1, -0.05) is 0 Å². The molecule has 0 unspecified atom stereocenters. The third kappa shape index (κ3) is 2.39. The van der Waals surface area contributed by atoms with Crippen LogP contribution < -0.4 is 5.32 Å². The molecule has 3 rings (SSSR count). The molecule has 2 aromatic rings. The molecule has 0 atom stereocenters. The van der Waals surface area contributed by atoms with Crippen LogP contribution in [0.1, 0.15) is 25.3 Å². The second-order valence-corrected chi connectivity index (χ2v) is 6.20. The van der Waals surface area contributed by atoms with Gasteiger partial charge in [0.05, 0.1) is 27.3 Å². The summed E-state index contributed by atoms with van der Waals surface area (Å²) >= 11 is 1.42. The van der Waals surface area contributed by atoms with Crippen LogP contribution in [-0.4, -0.2) is 27.1 Å². The molecule has 0 saturated heterocycles. The number of aromatic nitrogens is 1. The van der Waals surface area contributed by atoms with Crippen molar-refractivity contribution >= 4 is 33.5 Å². The monoisotopic (exact) mass is 330 g/mol. The molecule has 118 valence electrons. The molecule has 23 heavy (non-hydrogen) atoms. The summed E-state index contributed by atoms with van der Waals surface area (Å²) in [6.45, 7) is 3.28. The predicted octanol–water partition coefficient (Wildman–Crippen LogP) is 2.70. The molecule has 1 aliphatic heterocycles. The Bertz CT molecular complexity index is 858. The van der Waals surface area contributed by atoms with E-state index in [1.54, 1.807) is 31.5 Å². The van der Waals surface area contributed by atoms with E-state index in [2.05, 4.69) is 10.3 Å². The Morgan fingerprint density at radius 1 is 1.17 bits per heavy atom. The van der Waals surface area contributed by atoms with Crippen LogP contribution >= 0.6 is 11.3 Å². The first-order chi connectivity index (χ1) is 10.9. The lowest BCUT2D eigenvalue weighted by Gasteiger charge is -2.28. The van der Waals surface area contributed by atoms with E-state index in [4.69, 9.17) is 0 Å². The fourth-order valence-electron chi connectivity index (χ4n) is 2.96. The summed E-state index contributed by atoms with van der Waals surface area (Å²) in [5.41, 5.74) is 2.22. The van der Waals surface area contributed by atoms with E-state index in [9.17, 15) is 19.8 Å². The molecule has 3 heterocycles. The second-order valence-electron chi connectivity index (χ2n) is 5.29. The highest BCUT2D eigenvalue weighted by molar-refractivity contribution is 7.17. The zero-order chi connectivity index (χ0) is 16.7. The van der Waals surface area contributed by atoms with Gasteiger partial charge in [0.2, 0.25) is 0 Å². The standard InChI is InChI=1S/C16H14N2O4S/c1-7-11(15(19)20)13(12(16(21)22)8(2)18-7)9-6-23-10-4-3-5-17-14(9)10/h3-6,13,18H,1-2H3,(H,19,20)(H,21,22). The van der Waals surface area contributed by atoms with Crippen LogP contribution in [0.5, 0.6) is 0 Å². The fourth-order valence-corrected chi connectivity index (χ4v) is 3.90. The molecule has 0 radical (unpaired) electrons. The molecule has 7 heteroatoms. The van der Waals surface area contributed by atoms with Crippen LogP contribution in [0, 0.1) is 0 Å². The van der Waals surface area contributed by atoms with E-state index in [0.717, 1.165) is 4.70 Å². The Balaban J connectivity index is 2.31. The molecule has 6 nitrogen and oxygen atoms in total. The van der Waals surface area contributed by atoms with Gasteiger partial charge in [0.25, 0.3) is 0 Å². The van der Waals surface area contributed by atoms with Gasteiger partial charge in [0.1, 0.15) is 0 Å². The highest BCUT2D eigenvalue weighted by Crippen LogP contribution is 2.42. The fraction of sp³-hybridized carbons (Fsp3) is 0.188. The summed E-state index contributed by atoms with van der Waals surface area (Å²) in [6.07, 6.45) is 1.62. The molecule has 0 aliphatic carbocycles. The summed E-state index contributed by atoms with van der Waals surface area (Å²) < 4.78 is 0.894. The van der Waals surface area contributed by atoms with E-state index in [0.29, 0.717) is 22.5 Å². The summed E-state index contributed by atoms with van der Waals surface area (Å²) in [5.74, 6) is -3.13. The molecule has 1 aliphatic rings. The van der Waals surface area contributed by atoms with Crippen molar-refractivity contribution in [1.82, 2.24) is 10.3 Å². The first-order valence-electron chi connectivity index (χ1n) is 6.89. The van der Waals surface area contributed by atoms with Crippen molar-refractivity contribution in [3.05, 3.63) is 51.8 Å². The van der Waals surface area contributed by atoms with Gasteiger partial charge < -0.3 is 15.5 Å². The zero-order valence-electron chi connectivity index (χ0n) is 12.5. The predicted molar refractivity (Wildman–Crippen MR) is 86.2 cm³/mol. The van der Waals surface area contributed by atoms with Crippen molar-refractivity contribution in [2.75, 3.05) is 0 Å². The van der Waals surface area contributed by atoms with Crippen LogP contribution in [0.2, 0.25) is 0 Å². The quantitative estimate of drug-likeness (QED) is 0.800. The van der Waals surface area contributed by atoms with Crippen LogP contribution in [0.15, 0.2) is 46.2 Å². The molecule has 0 fully saturated rings. The normalized spacial score (nSPS) is 15.9. The molecule has 0 aromatic carbocycles. The Kier molecular flexibility index (Phi) is 3.65. The van der Waals surface area contributed by atoms with Crippen LogP contribution in [0.4, 0.5) is 0 Å². The molecule has 0 amide bonds. The lowest BCUT2D eigenvalue weighted by molar-refractivity contribution is -0.133. The zero-order valence-corrected chi connectivity index (χ0v) is 13.3. The molecule has 0 saturated carbocycles. The lowest BCUT2D eigenvalue weighted by Crippen LogP contribution is -2.30. The topological polar surface area (TPSA) is 99.5 Å². The van der Waals surface area contributed by atoms with Crippen molar-refractivity contribution in [3.63, 3.8) is 0 Å². The third-order valence-electron chi connectivity index (χ3n) is 3.89. The number of hydrogen-bond donors (Lipinski definition) is 3. The number of nitrogens with one attached hydrogen (secondary N) is 1. The number of dihydropyridines is 1.